The molecule has 0 aromatic heterocycles. The van der Waals surface area contributed by atoms with Crippen LogP contribution in [0.1, 0.15) is 60.7 Å². The number of rotatable bonds is 5. The zero-order chi connectivity index (χ0) is 25.7. The van der Waals surface area contributed by atoms with Crippen LogP contribution in [-0.4, -0.2) is 5.91 Å². The van der Waals surface area contributed by atoms with Crippen molar-refractivity contribution >= 4 is 5.91 Å². The number of hydrogen-bond donors (Lipinski definition) is 1. The average molecular weight is 458 g/mol. The summed E-state index contributed by atoms with van der Waals surface area (Å²) in [5.41, 5.74) is 4.29. The molecule has 3 rings (SSSR count). The summed E-state index contributed by atoms with van der Waals surface area (Å²) in [6.07, 6.45) is 5.73. The van der Waals surface area contributed by atoms with Crippen molar-refractivity contribution < 1.29 is 4.79 Å². The predicted molar refractivity (Wildman–Crippen MR) is 143 cm³/mol. The molecule has 0 radical (unpaired) electrons. The van der Waals surface area contributed by atoms with E-state index in [-0.39, 0.29) is 16.8 Å². The molecule has 0 unspecified atom stereocenters. The monoisotopic (exact) mass is 457 g/mol. The van der Waals surface area contributed by atoms with Crippen LogP contribution in [0.15, 0.2) is 106 Å². The summed E-state index contributed by atoms with van der Waals surface area (Å²) >= 11 is 0. The fourth-order valence-corrected chi connectivity index (χ4v) is 2.89. The highest BCUT2D eigenvalue weighted by atomic mass is 16.2. The quantitative estimate of drug-likeness (QED) is 0.368. The first kappa shape index (κ1) is 28.2. The smallest absolute Gasteiger partial charge is 0.255 e. The van der Waals surface area contributed by atoms with Crippen molar-refractivity contribution in [3.63, 3.8) is 0 Å². The van der Waals surface area contributed by atoms with Gasteiger partial charge in [0.25, 0.3) is 5.91 Å². The van der Waals surface area contributed by atoms with Gasteiger partial charge in [-0.25, -0.2) is 0 Å². The Morgan fingerprint density at radius 2 is 1.35 bits per heavy atom. The summed E-state index contributed by atoms with van der Waals surface area (Å²) in [6, 6.07) is 19.6. The lowest BCUT2D eigenvalue weighted by atomic mass is 10.0. The van der Waals surface area contributed by atoms with Crippen LogP contribution >= 0.6 is 0 Å². The van der Waals surface area contributed by atoms with Crippen LogP contribution in [0, 0.1) is 13.8 Å². The Hall–Kier alpha value is -3.79. The molecule has 0 spiro atoms. The Balaban J connectivity index is 0.000000284. The number of amides is 1. The van der Waals surface area contributed by atoms with Gasteiger partial charge in [-0.3, -0.25) is 14.4 Å². The van der Waals surface area contributed by atoms with Crippen LogP contribution in [0.25, 0.3) is 0 Å². The van der Waals surface area contributed by atoms with E-state index in [1.54, 1.807) is 26.0 Å². The Bertz CT molecular complexity index is 1160. The Morgan fingerprint density at radius 3 is 1.74 bits per heavy atom. The third-order valence-corrected chi connectivity index (χ3v) is 5.06. The molecule has 0 saturated carbocycles. The second-order valence-corrected chi connectivity index (χ2v) is 8.21. The summed E-state index contributed by atoms with van der Waals surface area (Å²) in [5.74, 6) is 0.520. The number of benzene rings is 2. The molecule has 0 saturated heterocycles. The topological polar surface area (TPSA) is 63.2 Å². The van der Waals surface area contributed by atoms with Crippen LogP contribution in [0.2, 0.25) is 0 Å². The van der Waals surface area contributed by atoms with Crippen LogP contribution in [0.3, 0.4) is 0 Å². The second-order valence-electron chi connectivity index (χ2n) is 8.21. The Kier molecular flexibility index (Phi) is 11.9. The first-order valence-electron chi connectivity index (χ1n) is 11.3. The van der Waals surface area contributed by atoms with E-state index in [1.165, 1.54) is 5.56 Å². The van der Waals surface area contributed by atoms with Crippen molar-refractivity contribution in [1.29, 1.82) is 0 Å². The Morgan fingerprint density at radius 1 is 0.882 bits per heavy atom. The maximum Gasteiger partial charge on any atom is 0.255 e. The lowest BCUT2D eigenvalue weighted by Gasteiger charge is -2.05. The molecule has 4 nitrogen and oxygen atoms in total. The highest BCUT2D eigenvalue weighted by Crippen LogP contribution is 2.11. The zero-order valence-electron chi connectivity index (χ0n) is 21.0. The molecule has 0 bridgehead atoms. The Labute approximate surface area is 203 Å². The van der Waals surface area contributed by atoms with Crippen LogP contribution in [0.4, 0.5) is 0 Å². The lowest BCUT2D eigenvalue weighted by molar-refractivity contribution is 0.0967. The number of carbonyl (C=O) groups is 1. The van der Waals surface area contributed by atoms with E-state index in [0.29, 0.717) is 28.3 Å². The molecule has 3 aromatic carbocycles. The highest BCUT2D eigenvalue weighted by molar-refractivity contribution is 5.95. The molecule has 3 aromatic rings. The minimum absolute atomic E-state index is 0.139. The molecule has 0 aliphatic carbocycles. The van der Waals surface area contributed by atoms with Crippen LogP contribution in [-0.2, 0) is 0 Å². The molecule has 0 heterocycles. The number of hydrogen-bond acceptors (Lipinski definition) is 3. The third-order valence-electron chi connectivity index (χ3n) is 5.06. The van der Waals surface area contributed by atoms with Gasteiger partial charge >= 0.3 is 0 Å². The molecular formula is C30H35NO3. The van der Waals surface area contributed by atoms with Gasteiger partial charge in [-0.15, -0.1) is 0 Å². The van der Waals surface area contributed by atoms with E-state index < -0.39 is 0 Å². The van der Waals surface area contributed by atoms with E-state index in [1.807, 2.05) is 56.3 Å². The number of allylic oxidation sites excluding steroid dienone is 4. The van der Waals surface area contributed by atoms with Gasteiger partial charge < -0.3 is 5.32 Å². The van der Waals surface area contributed by atoms with Crippen molar-refractivity contribution in [2.45, 2.75) is 47.5 Å². The fourth-order valence-electron chi connectivity index (χ4n) is 2.89. The van der Waals surface area contributed by atoms with Gasteiger partial charge in [0.2, 0.25) is 10.9 Å². The molecule has 0 aliphatic heterocycles. The second kappa shape index (κ2) is 14.4. The van der Waals surface area contributed by atoms with Crippen molar-refractivity contribution in [3.05, 3.63) is 139 Å². The first-order valence-corrected chi connectivity index (χ1v) is 11.3. The van der Waals surface area contributed by atoms with Crippen molar-refractivity contribution in [3.8, 4) is 0 Å². The van der Waals surface area contributed by atoms with E-state index in [4.69, 9.17) is 0 Å². The van der Waals surface area contributed by atoms with Crippen molar-refractivity contribution in [2.75, 3.05) is 0 Å². The molecule has 0 aliphatic rings. The van der Waals surface area contributed by atoms with Crippen molar-refractivity contribution in [2.24, 2.45) is 0 Å². The van der Waals surface area contributed by atoms with Gasteiger partial charge in [-0.2, -0.15) is 0 Å². The number of nitrogens with one attached hydrogen (secondary N) is 1. The number of carbonyl (C=O) groups excluding carboxylic acids is 1. The van der Waals surface area contributed by atoms with Crippen LogP contribution in [0.5, 0.6) is 0 Å². The molecular weight excluding hydrogens is 422 g/mol. The average Bonchev–Trinajstić information content (AvgIpc) is 2.84. The molecule has 34 heavy (non-hydrogen) atoms. The van der Waals surface area contributed by atoms with Gasteiger partial charge in [0.05, 0.1) is 0 Å². The standard InChI is InChI=1S/C15H17NO.C9H12.C6H6O2/c1-4-8-12(2)11-13(3)16-15(17)14-9-6-5-7-10-14;1-8(2)9-6-4-3-5-7-9;1-3-4(2)6(8)5(3)7/h4-11H,3H2,1-2H3,(H,16,17);3-8H,1-2H3;1-2H3/b8-4-,12-11-;;. The largest absolute Gasteiger partial charge is 0.323 e. The fraction of sp³-hybridized carbons (Fsp3) is 0.233. The van der Waals surface area contributed by atoms with E-state index in [0.717, 1.165) is 5.57 Å². The summed E-state index contributed by atoms with van der Waals surface area (Å²) in [5, 5.41) is 2.74. The zero-order valence-corrected chi connectivity index (χ0v) is 21.0. The van der Waals surface area contributed by atoms with E-state index >= 15 is 0 Å². The summed E-state index contributed by atoms with van der Waals surface area (Å²) in [4.78, 5) is 32.5. The lowest BCUT2D eigenvalue weighted by Crippen LogP contribution is -2.36. The van der Waals surface area contributed by atoms with E-state index in [2.05, 4.69) is 50.0 Å². The highest BCUT2D eigenvalue weighted by Gasteiger charge is 2.10. The minimum Gasteiger partial charge on any atom is -0.323 e. The third kappa shape index (κ3) is 9.37. The maximum atomic E-state index is 11.8. The van der Waals surface area contributed by atoms with Crippen LogP contribution < -0.4 is 16.2 Å². The van der Waals surface area contributed by atoms with Gasteiger partial charge in [-0.05, 0) is 63.0 Å². The summed E-state index contributed by atoms with van der Waals surface area (Å²) < 4.78 is 0. The molecule has 1 amide bonds. The predicted octanol–water partition coefficient (Wildman–Crippen LogP) is 6.16. The molecule has 0 fully saturated rings. The van der Waals surface area contributed by atoms with Gasteiger partial charge in [0.1, 0.15) is 0 Å². The molecule has 4 heteroatoms. The normalized spacial score (nSPS) is 10.9. The molecule has 1 N–H and O–H groups in total. The van der Waals surface area contributed by atoms with Gasteiger partial charge in [0, 0.05) is 22.4 Å². The molecule has 178 valence electrons. The summed E-state index contributed by atoms with van der Waals surface area (Å²) in [7, 11) is 0. The first-order chi connectivity index (χ1) is 16.1. The summed E-state index contributed by atoms with van der Waals surface area (Å²) in [6.45, 7) is 15.4. The van der Waals surface area contributed by atoms with Crippen molar-refractivity contribution in [1.82, 2.24) is 5.32 Å². The van der Waals surface area contributed by atoms with Gasteiger partial charge in [0.15, 0.2) is 0 Å². The minimum atomic E-state index is -0.317. The SMILES string of the molecule is C=C(/C=C(C)\C=C/C)NC(=O)c1ccccc1.CC(C)c1ccccc1.Cc1c(C)c(=O)c1=O. The maximum absolute atomic E-state index is 11.8. The van der Waals surface area contributed by atoms with E-state index in [9.17, 15) is 14.4 Å². The van der Waals surface area contributed by atoms with Gasteiger partial charge in [-0.1, -0.05) is 81.1 Å². The molecule has 0 atom stereocenters.